The molecule has 0 radical (unpaired) electrons. The molecule has 0 spiro atoms. The van der Waals surface area contributed by atoms with E-state index in [1.54, 1.807) is 17.0 Å². The number of carbonyl (C=O) groups excluding carboxylic acids is 2. The van der Waals surface area contributed by atoms with Gasteiger partial charge in [-0.1, -0.05) is 20.8 Å². The van der Waals surface area contributed by atoms with Gasteiger partial charge < -0.3 is 25.4 Å². The third-order valence-electron chi connectivity index (χ3n) is 4.51. The third-order valence-corrected chi connectivity index (χ3v) is 4.51. The molecule has 8 heteroatoms. The van der Waals surface area contributed by atoms with Gasteiger partial charge in [-0.3, -0.25) is 9.59 Å². The van der Waals surface area contributed by atoms with Crippen molar-refractivity contribution in [2.24, 2.45) is 11.1 Å². The fourth-order valence-electron chi connectivity index (χ4n) is 2.74. The molecule has 27 heavy (non-hydrogen) atoms. The fourth-order valence-corrected chi connectivity index (χ4v) is 2.74. The molecule has 7 nitrogen and oxygen atoms in total. The monoisotopic (exact) mass is 399 g/mol. The Morgan fingerprint density at radius 2 is 1.63 bits per heavy atom. The molecule has 1 aromatic rings. The van der Waals surface area contributed by atoms with Gasteiger partial charge in [0.1, 0.15) is 0 Å². The van der Waals surface area contributed by atoms with Crippen LogP contribution in [-0.4, -0.2) is 50.1 Å². The smallest absolute Gasteiger partial charge is 0.256 e. The molecule has 0 aliphatic carbocycles. The maximum atomic E-state index is 13.1. The molecule has 1 saturated heterocycles. The lowest BCUT2D eigenvalue weighted by Gasteiger charge is -2.31. The maximum absolute atomic E-state index is 13.1. The van der Waals surface area contributed by atoms with Crippen molar-refractivity contribution < 1.29 is 19.1 Å². The molecule has 0 saturated carbocycles. The summed E-state index contributed by atoms with van der Waals surface area (Å²) in [5.74, 6) is 0.564. The molecule has 2 amide bonds. The molecule has 1 aliphatic heterocycles. The van der Waals surface area contributed by atoms with E-state index in [4.69, 9.17) is 15.2 Å². The third kappa shape index (κ3) is 5.49. The highest BCUT2D eigenvalue weighted by Crippen LogP contribution is 2.35. The standard InChI is InChI=1S/C19H29N3O4.ClH/c1-19(2,3)18(24)21-14-11-16(26-5)15(25-4)10-13(14)17(23)22-8-6-12(20)7-9-22;/h10-12H,6-9,20H2,1-5H3,(H,21,24);1H. The van der Waals surface area contributed by atoms with E-state index in [0.29, 0.717) is 35.8 Å². The van der Waals surface area contributed by atoms with Crippen LogP contribution >= 0.6 is 12.4 Å². The Labute approximate surface area is 167 Å². The highest BCUT2D eigenvalue weighted by molar-refractivity contribution is 6.05. The number of hydrogen-bond donors (Lipinski definition) is 2. The van der Waals surface area contributed by atoms with Gasteiger partial charge in [0.2, 0.25) is 5.91 Å². The number of methoxy groups -OCH3 is 2. The number of anilines is 1. The van der Waals surface area contributed by atoms with Crippen LogP contribution in [0.5, 0.6) is 11.5 Å². The first-order chi connectivity index (χ1) is 12.2. The van der Waals surface area contributed by atoms with Gasteiger partial charge in [0.15, 0.2) is 11.5 Å². The maximum Gasteiger partial charge on any atom is 0.256 e. The minimum absolute atomic E-state index is 0. The van der Waals surface area contributed by atoms with E-state index in [2.05, 4.69) is 5.32 Å². The largest absolute Gasteiger partial charge is 0.493 e. The SMILES string of the molecule is COc1cc(NC(=O)C(C)(C)C)c(C(=O)N2CCC(N)CC2)cc1OC.Cl. The Bertz CT molecular complexity index is 680. The Balaban J connectivity index is 0.00000364. The second-order valence-corrected chi connectivity index (χ2v) is 7.59. The minimum Gasteiger partial charge on any atom is -0.493 e. The van der Waals surface area contributed by atoms with Crippen LogP contribution in [-0.2, 0) is 4.79 Å². The first-order valence-electron chi connectivity index (χ1n) is 8.79. The molecule has 1 fully saturated rings. The molecule has 0 aromatic heterocycles. The van der Waals surface area contributed by atoms with Gasteiger partial charge in [0.05, 0.1) is 25.5 Å². The summed E-state index contributed by atoms with van der Waals surface area (Å²) in [6.45, 7) is 6.64. The molecule has 152 valence electrons. The number of piperidine rings is 1. The Morgan fingerprint density at radius 1 is 1.11 bits per heavy atom. The summed E-state index contributed by atoms with van der Waals surface area (Å²) in [6.07, 6.45) is 1.53. The number of nitrogens with zero attached hydrogens (tertiary/aromatic N) is 1. The van der Waals surface area contributed by atoms with Crippen LogP contribution in [0.2, 0.25) is 0 Å². The Hall–Kier alpha value is -1.99. The zero-order valence-electron chi connectivity index (χ0n) is 16.6. The van der Waals surface area contributed by atoms with Crippen molar-refractivity contribution in [2.45, 2.75) is 39.7 Å². The van der Waals surface area contributed by atoms with Crippen LogP contribution in [0, 0.1) is 5.41 Å². The minimum atomic E-state index is -0.592. The van der Waals surface area contributed by atoms with Crippen LogP contribution in [0.15, 0.2) is 12.1 Å². The number of hydrogen-bond acceptors (Lipinski definition) is 5. The number of amides is 2. The Kier molecular flexibility index (Phi) is 7.92. The van der Waals surface area contributed by atoms with Crippen LogP contribution < -0.4 is 20.5 Å². The van der Waals surface area contributed by atoms with Crippen molar-refractivity contribution in [3.63, 3.8) is 0 Å². The van der Waals surface area contributed by atoms with Gasteiger partial charge in [-0.2, -0.15) is 0 Å². The molecular formula is C19H30ClN3O4. The Morgan fingerprint density at radius 3 is 2.11 bits per heavy atom. The summed E-state index contributed by atoms with van der Waals surface area (Å²) in [4.78, 5) is 27.3. The molecular weight excluding hydrogens is 370 g/mol. The predicted molar refractivity (Wildman–Crippen MR) is 108 cm³/mol. The van der Waals surface area contributed by atoms with Gasteiger partial charge in [-0.25, -0.2) is 0 Å². The van der Waals surface area contributed by atoms with E-state index in [1.807, 2.05) is 20.8 Å². The second-order valence-electron chi connectivity index (χ2n) is 7.59. The van der Waals surface area contributed by atoms with Crippen molar-refractivity contribution in [1.29, 1.82) is 0 Å². The average molecular weight is 400 g/mol. The summed E-state index contributed by atoms with van der Waals surface area (Å²) < 4.78 is 10.7. The van der Waals surface area contributed by atoms with E-state index in [-0.39, 0.29) is 30.3 Å². The van der Waals surface area contributed by atoms with Crippen molar-refractivity contribution in [3.05, 3.63) is 17.7 Å². The first kappa shape index (κ1) is 23.0. The summed E-state index contributed by atoms with van der Waals surface area (Å²) in [7, 11) is 3.03. The molecule has 0 unspecified atom stereocenters. The highest BCUT2D eigenvalue weighted by Gasteiger charge is 2.28. The van der Waals surface area contributed by atoms with Crippen LogP contribution in [0.25, 0.3) is 0 Å². The van der Waals surface area contributed by atoms with Gasteiger partial charge >= 0.3 is 0 Å². The van der Waals surface area contributed by atoms with E-state index in [1.165, 1.54) is 14.2 Å². The number of nitrogens with one attached hydrogen (secondary N) is 1. The van der Waals surface area contributed by atoms with Crippen molar-refractivity contribution in [3.8, 4) is 11.5 Å². The molecule has 1 heterocycles. The van der Waals surface area contributed by atoms with E-state index >= 15 is 0 Å². The normalized spacial score (nSPS) is 15.0. The zero-order chi connectivity index (χ0) is 19.5. The zero-order valence-corrected chi connectivity index (χ0v) is 17.4. The van der Waals surface area contributed by atoms with E-state index in [9.17, 15) is 9.59 Å². The molecule has 0 bridgehead atoms. The summed E-state index contributed by atoms with van der Waals surface area (Å²) >= 11 is 0. The van der Waals surface area contributed by atoms with Crippen molar-refractivity contribution in [2.75, 3.05) is 32.6 Å². The van der Waals surface area contributed by atoms with Crippen molar-refractivity contribution >= 4 is 29.9 Å². The highest BCUT2D eigenvalue weighted by atomic mass is 35.5. The molecule has 1 aliphatic rings. The quantitative estimate of drug-likeness (QED) is 0.811. The molecule has 3 N–H and O–H groups in total. The number of ether oxygens (including phenoxy) is 2. The van der Waals surface area contributed by atoms with Crippen LogP contribution in [0.1, 0.15) is 44.0 Å². The average Bonchev–Trinajstić information content (AvgIpc) is 2.60. The number of likely N-dealkylation sites (tertiary alicyclic amines) is 1. The lowest BCUT2D eigenvalue weighted by Crippen LogP contribution is -2.43. The number of nitrogens with two attached hydrogens (primary N) is 1. The number of rotatable bonds is 4. The summed E-state index contributed by atoms with van der Waals surface area (Å²) in [6, 6.07) is 3.38. The van der Waals surface area contributed by atoms with Crippen LogP contribution in [0.3, 0.4) is 0 Å². The molecule has 1 aromatic carbocycles. The van der Waals surface area contributed by atoms with E-state index < -0.39 is 5.41 Å². The topological polar surface area (TPSA) is 93.9 Å². The number of halogens is 1. The van der Waals surface area contributed by atoms with Gasteiger partial charge in [0, 0.05) is 30.6 Å². The lowest BCUT2D eigenvalue weighted by atomic mass is 9.95. The number of benzene rings is 1. The van der Waals surface area contributed by atoms with E-state index in [0.717, 1.165) is 12.8 Å². The van der Waals surface area contributed by atoms with Crippen LogP contribution in [0.4, 0.5) is 5.69 Å². The predicted octanol–water partition coefficient (Wildman–Crippen LogP) is 2.67. The second kappa shape index (κ2) is 9.28. The first-order valence-corrected chi connectivity index (χ1v) is 8.79. The summed E-state index contributed by atoms with van der Waals surface area (Å²) in [5.41, 5.74) is 6.14. The van der Waals surface area contributed by atoms with Gasteiger partial charge in [-0.05, 0) is 18.9 Å². The van der Waals surface area contributed by atoms with Gasteiger partial charge in [-0.15, -0.1) is 12.4 Å². The lowest BCUT2D eigenvalue weighted by molar-refractivity contribution is -0.123. The van der Waals surface area contributed by atoms with Gasteiger partial charge in [0.25, 0.3) is 5.91 Å². The molecule has 2 rings (SSSR count). The number of carbonyl (C=O) groups is 2. The fraction of sp³-hybridized carbons (Fsp3) is 0.579. The molecule has 0 atom stereocenters. The summed E-state index contributed by atoms with van der Waals surface area (Å²) in [5, 5.41) is 2.86. The van der Waals surface area contributed by atoms with Crippen molar-refractivity contribution in [1.82, 2.24) is 4.90 Å².